The Hall–Kier alpha value is -1.82. The fourth-order valence-corrected chi connectivity index (χ4v) is 2.59. The Bertz CT molecular complexity index is 462. The van der Waals surface area contributed by atoms with Crippen molar-refractivity contribution in [3.63, 3.8) is 0 Å². The number of pyridine rings is 1. The van der Waals surface area contributed by atoms with Crippen LogP contribution in [0, 0.1) is 0 Å². The zero-order valence-electron chi connectivity index (χ0n) is 11.9. The van der Waals surface area contributed by atoms with E-state index in [2.05, 4.69) is 4.98 Å². The summed E-state index contributed by atoms with van der Waals surface area (Å²) in [5, 5.41) is 0. The summed E-state index contributed by atoms with van der Waals surface area (Å²) in [7, 11) is 0. The summed E-state index contributed by atoms with van der Waals surface area (Å²) in [6.07, 6.45) is 3.81. The van der Waals surface area contributed by atoms with Crippen LogP contribution in [-0.4, -0.2) is 54.5 Å². The van der Waals surface area contributed by atoms with Crippen LogP contribution < -0.4 is 4.74 Å². The molecule has 1 aromatic rings. The molecule has 6 heteroatoms. The lowest BCUT2D eigenvalue weighted by atomic mass is 10.2. The first-order chi connectivity index (χ1) is 10.3. The lowest BCUT2D eigenvalue weighted by Crippen LogP contribution is -2.35. The normalized spacial score (nSPS) is 23.0. The number of ether oxygens (including phenoxy) is 3. The molecular weight excluding hydrogens is 272 g/mol. The van der Waals surface area contributed by atoms with Crippen molar-refractivity contribution in [3.8, 4) is 5.88 Å². The van der Waals surface area contributed by atoms with Gasteiger partial charge in [0.15, 0.2) is 0 Å². The molecular formula is C15H20N2O4. The molecule has 0 aromatic carbocycles. The summed E-state index contributed by atoms with van der Waals surface area (Å²) in [5.74, 6) is 0.599. The van der Waals surface area contributed by atoms with Crippen molar-refractivity contribution in [3.05, 3.63) is 24.4 Å². The Morgan fingerprint density at radius 1 is 1.24 bits per heavy atom. The van der Waals surface area contributed by atoms with Crippen molar-refractivity contribution in [2.45, 2.75) is 31.5 Å². The van der Waals surface area contributed by atoms with Gasteiger partial charge in [0, 0.05) is 38.1 Å². The van der Waals surface area contributed by atoms with Gasteiger partial charge in [0.2, 0.25) is 5.88 Å². The highest BCUT2D eigenvalue weighted by atomic mass is 16.6. The smallest absolute Gasteiger partial charge is 0.410 e. The maximum absolute atomic E-state index is 12.1. The maximum atomic E-state index is 12.1. The van der Waals surface area contributed by atoms with E-state index in [0.29, 0.717) is 32.2 Å². The fraction of sp³-hybridized carbons (Fsp3) is 0.600. The van der Waals surface area contributed by atoms with Crippen LogP contribution in [-0.2, 0) is 9.47 Å². The molecule has 3 heterocycles. The summed E-state index contributed by atoms with van der Waals surface area (Å²) in [5.41, 5.74) is 0. The molecule has 2 saturated heterocycles. The first kappa shape index (κ1) is 14.1. The molecule has 0 aliphatic carbocycles. The van der Waals surface area contributed by atoms with Crippen LogP contribution in [0.1, 0.15) is 19.3 Å². The fourth-order valence-electron chi connectivity index (χ4n) is 2.59. The van der Waals surface area contributed by atoms with Crippen LogP contribution >= 0.6 is 0 Å². The minimum Gasteiger partial charge on any atom is -0.472 e. The number of rotatable bonds is 3. The molecule has 1 amide bonds. The lowest BCUT2D eigenvalue weighted by Gasteiger charge is -2.25. The van der Waals surface area contributed by atoms with Gasteiger partial charge in [-0.1, -0.05) is 6.07 Å². The molecule has 0 spiro atoms. The van der Waals surface area contributed by atoms with E-state index >= 15 is 0 Å². The third-order valence-electron chi connectivity index (χ3n) is 3.76. The van der Waals surface area contributed by atoms with E-state index in [4.69, 9.17) is 14.2 Å². The molecule has 6 nitrogen and oxygen atoms in total. The summed E-state index contributed by atoms with van der Waals surface area (Å²) in [6.45, 7) is 2.56. The Morgan fingerprint density at radius 2 is 2.10 bits per heavy atom. The number of hydrogen-bond acceptors (Lipinski definition) is 5. The van der Waals surface area contributed by atoms with Crippen molar-refractivity contribution in [1.29, 1.82) is 0 Å². The van der Waals surface area contributed by atoms with Gasteiger partial charge in [-0.05, 0) is 6.07 Å². The molecule has 2 aliphatic rings. The molecule has 0 radical (unpaired) electrons. The van der Waals surface area contributed by atoms with Crippen LogP contribution in [0.15, 0.2) is 24.4 Å². The van der Waals surface area contributed by atoms with E-state index < -0.39 is 0 Å². The Labute approximate surface area is 124 Å². The summed E-state index contributed by atoms with van der Waals surface area (Å²) in [4.78, 5) is 17.9. The molecule has 2 fully saturated rings. The second kappa shape index (κ2) is 6.76. The zero-order chi connectivity index (χ0) is 14.5. The van der Waals surface area contributed by atoms with Gasteiger partial charge in [0.05, 0.1) is 19.8 Å². The van der Waals surface area contributed by atoms with E-state index in [1.165, 1.54) is 0 Å². The zero-order valence-corrected chi connectivity index (χ0v) is 11.9. The van der Waals surface area contributed by atoms with Crippen molar-refractivity contribution >= 4 is 6.09 Å². The highest BCUT2D eigenvalue weighted by molar-refractivity contribution is 5.68. The van der Waals surface area contributed by atoms with Gasteiger partial charge < -0.3 is 19.1 Å². The molecule has 1 aromatic heterocycles. The largest absolute Gasteiger partial charge is 0.472 e. The van der Waals surface area contributed by atoms with Crippen molar-refractivity contribution in [2.75, 3.05) is 26.3 Å². The number of aromatic nitrogens is 1. The van der Waals surface area contributed by atoms with Crippen LogP contribution in [0.25, 0.3) is 0 Å². The molecule has 0 saturated carbocycles. The molecule has 3 rings (SSSR count). The van der Waals surface area contributed by atoms with Crippen molar-refractivity contribution in [2.24, 2.45) is 0 Å². The second-order valence-corrected chi connectivity index (χ2v) is 5.34. The van der Waals surface area contributed by atoms with Gasteiger partial charge in [-0.3, -0.25) is 0 Å². The first-order valence-corrected chi connectivity index (χ1v) is 7.42. The molecule has 0 bridgehead atoms. The van der Waals surface area contributed by atoms with Gasteiger partial charge in [0.25, 0.3) is 0 Å². The number of carbonyl (C=O) groups is 1. The summed E-state index contributed by atoms with van der Waals surface area (Å²) in [6, 6.07) is 5.55. The standard InChI is InChI=1S/C15H20N2O4/c18-15(21-12-5-9-19-10-6-12)17-8-4-13(11-17)20-14-3-1-2-7-16-14/h1-3,7,12-13H,4-6,8-11H2/t13-/m0/s1. The van der Waals surface area contributed by atoms with Crippen LogP contribution in [0.5, 0.6) is 5.88 Å². The van der Waals surface area contributed by atoms with E-state index in [-0.39, 0.29) is 18.3 Å². The van der Waals surface area contributed by atoms with Crippen LogP contribution in [0.4, 0.5) is 4.79 Å². The highest BCUT2D eigenvalue weighted by Gasteiger charge is 2.30. The monoisotopic (exact) mass is 292 g/mol. The van der Waals surface area contributed by atoms with E-state index in [0.717, 1.165) is 19.3 Å². The quantitative estimate of drug-likeness (QED) is 0.851. The number of likely N-dealkylation sites (tertiary alicyclic amines) is 1. The van der Waals surface area contributed by atoms with Crippen molar-refractivity contribution < 1.29 is 19.0 Å². The van der Waals surface area contributed by atoms with Gasteiger partial charge in [-0.15, -0.1) is 0 Å². The van der Waals surface area contributed by atoms with E-state index in [9.17, 15) is 4.79 Å². The van der Waals surface area contributed by atoms with Gasteiger partial charge in [0.1, 0.15) is 12.2 Å². The molecule has 0 unspecified atom stereocenters. The van der Waals surface area contributed by atoms with E-state index in [1.54, 1.807) is 11.1 Å². The number of carbonyl (C=O) groups excluding carboxylic acids is 1. The number of amides is 1. The first-order valence-electron chi connectivity index (χ1n) is 7.42. The highest BCUT2D eigenvalue weighted by Crippen LogP contribution is 2.19. The lowest BCUT2D eigenvalue weighted by molar-refractivity contribution is -0.00898. The number of hydrogen-bond donors (Lipinski definition) is 0. The molecule has 114 valence electrons. The van der Waals surface area contributed by atoms with Gasteiger partial charge in [-0.2, -0.15) is 0 Å². The van der Waals surface area contributed by atoms with Crippen molar-refractivity contribution in [1.82, 2.24) is 9.88 Å². The third kappa shape index (κ3) is 3.85. The SMILES string of the molecule is O=C(OC1CCOCC1)N1CC[C@H](Oc2ccccn2)C1. The van der Waals surface area contributed by atoms with Crippen LogP contribution in [0.2, 0.25) is 0 Å². The minimum absolute atomic E-state index is 0.0119. The Balaban J connectivity index is 1.46. The predicted molar refractivity (Wildman–Crippen MR) is 75.2 cm³/mol. The molecule has 21 heavy (non-hydrogen) atoms. The molecule has 0 N–H and O–H groups in total. The minimum atomic E-state index is -0.242. The molecule has 2 aliphatic heterocycles. The Kier molecular flexibility index (Phi) is 4.55. The van der Waals surface area contributed by atoms with Crippen LogP contribution in [0.3, 0.4) is 0 Å². The topological polar surface area (TPSA) is 60.9 Å². The Morgan fingerprint density at radius 3 is 2.86 bits per heavy atom. The second-order valence-electron chi connectivity index (χ2n) is 5.34. The number of nitrogens with zero attached hydrogens (tertiary/aromatic N) is 2. The van der Waals surface area contributed by atoms with Gasteiger partial charge >= 0.3 is 6.09 Å². The average molecular weight is 292 g/mol. The maximum Gasteiger partial charge on any atom is 0.410 e. The van der Waals surface area contributed by atoms with Gasteiger partial charge in [-0.25, -0.2) is 9.78 Å². The molecule has 1 atom stereocenters. The average Bonchev–Trinajstić information content (AvgIpc) is 2.98. The third-order valence-corrected chi connectivity index (χ3v) is 3.76. The van der Waals surface area contributed by atoms with E-state index in [1.807, 2.05) is 18.2 Å². The predicted octanol–water partition coefficient (Wildman–Crippen LogP) is 1.85. The summed E-state index contributed by atoms with van der Waals surface area (Å²) < 4.78 is 16.5. The summed E-state index contributed by atoms with van der Waals surface area (Å²) >= 11 is 0.